The summed E-state index contributed by atoms with van der Waals surface area (Å²) in [6.45, 7) is 0.154. The molecule has 6 nitrogen and oxygen atoms in total. The molecule has 0 bridgehead atoms. The van der Waals surface area contributed by atoms with Crippen LogP contribution in [-0.4, -0.2) is 46.9 Å². The van der Waals surface area contributed by atoms with E-state index in [1.165, 1.54) is 14.2 Å². The van der Waals surface area contributed by atoms with Gasteiger partial charge in [-0.2, -0.15) is 13.1 Å². The number of hydrogen-bond acceptors (Lipinski definition) is 4. The Morgan fingerprint density at radius 2 is 2.15 bits per heavy atom. The van der Waals surface area contributed by atoms with E-state index in [4.69, 9.17) is 9.84 Å². The van der Waals surface area contributed by atoms with Gasteiger partial charge < -0.3 is 9.84 Å². The van der Waals surface area contributed by atoms with Crippen molar-refractivity contribution in [3.05, 3.63) is 0 Å². The van der Waals surface area contributed by atoms with Crippen molar-refractivity contribution in [3.63, 3.8) is 0 Å². The van der Waals surface area contributed by atoms with Gasteiger partial charge >= 0.3 is 0 Å². The molecule has 0 fully saturated rings. The Kier molecular flexibility index (Phi) is 6.17. The Labute approximate surface area is 78.5 Å². The highest BCUT2D eigenvalue weighted by molar-refractivity contribution is 7.87. The molecule has 0 aromatic rings. The van der Waals surface area contributed by atoms with Gasteiger partial charge in [-0.15, -0.1) is 0 Å². The molecule has 0 amide bonds. The van der Waals surface area contributed by atoms with E-state index in [1.54, 1.807) is 0 Å². The van der Waals surface area contributed by atoms with Crippen LogP contribution in [0.25, 0.3) is 0 Å². The fraction of sp³-hybridized carbons (Fsp3) is 1.00. The van der Waals surface area contributed by atoms with E-state index in [1.807, 2.05) is 0 Å². The van der Waals surface area contributed by atoms with Crippen LogP contribution in [0.5, 0.6) is 0 Å². The van der Waals surface area contributed by atoms with Gasteiger partial charge in [-0.05, 0) is 6.42 Å². The van der Waals surface area contributed by atoms with E-state index in [0.29, 0.717) is 6.42 Å². The first-order valence-electron chi connectivity index (χ1n) is 3.86. The third kappa shape index (κ3) is 5.94. The molecule has 0 aromatic heterocycles. The van der Waals surface area contributed by atoms with Crippen molar-refractivity contribution < 1.29 is 18.3 Å². The van der Waals surface area contributed by atoms with Crippen molar-refractivity contribution in [1.82, 2.24) is 9.44 Å². The molecule has 0 saturated carbocycles. The monoisotopic (exact) mass is 212 g/mol. The van der Waals surface area contributed by atoms with Crippen LogP contribution >= 0.6 is 0 Å². The van der Waals surface area contributed by atoms with Crippen molar-refractivity contribution in [1.29, 1.82) is 0 Å². The van der Waals surface area contributed by atoms with Crippen LogP contribution < -0.4 is 9.44 Å². The topological polar surface area (TPSA) is 87.7 Å². The van der Waals surface area contributed by atoms with Gasteiger partial charge in [0.05, 0.1) is 6.61 Å². The molecular formula is C6H16N2O4S. The lowest BCUT2D eigenvalue weighted by molar-refractivity contribution is 0.158. The molecule has 0 aliphatic heterocycles. The SMILES string of the molecule is CNS(=O)(=O)NC(CCO)COC. The van der Waals surface area contributed by atoms with Crippen LogP contribution in [-0.2, 0) is 14.9 Å². The first kappa shape index (κ1) is 12.8. The largest absolute Gasteiger partial charge is 0.396 e. The zero-order chi connectivity index (χ0) is 10.3. The summed E-state index contributed by atoms with van der Waals surface area (Å²) < 4.78 is 31.2. The van der Waals surface area contributed by atoms with Gasteiger partial charge in [0, 0.05) is 26.8 Å². The van der Waals surface area contributed by atoms with Crippen LogP contribution in [0.4, 0.5) is 0 Å². The fourth-order valence-corrected chi connectivity index (χ4v) is 1.55. The molecule has 0 aliphatic rings. The lowest BCUT2D eigenvalue weighted by Crippen LogP contribution is -2.43. The van der Waals surface area contributed by atoms with E-state index in [0.717, 1.165) is 0 Å². The highest BCUT2D eigenvalue weighted by atomic mass is 32.2. The second-order valence-electron chi connectivity index (χ2n) is 2.49. The molecule has 80 valence electrons. The summed E-state index contributed by atoms with van der Waals surface area (Å²) in [5, 5.41) is 8.62. The molecule has 7 heteroatoms. The normalized spacial score (nSPS) is 14.4. The van der Waals surface area contributed by atoms with E-state index in [9.17, 15) is 8.42 Å². The van der Waals surface area contributed by atoms with Crippen LogP contribution in [0.15, 0.2) is 0 Å². The first-order valence-corrected chi connectivity index (χ1v) is 5.34. The van der Waals surface area contributed by atoms with Gasteiger partial charge in [0.15, 0.2) is 0 Å². The van der Waals surface area contributed by atoms with Crippen molar-refractivity contribution >= 4 is 10.2 Å². The third-order valence-electron chi connectivity index (χ3n) is 1.44. The third-order valence-corrected chi connectivity index (χ3v) is 2.62. The van der Waals surface area contributed by atoms with Crippen LogP contribution in [0, 0.1) is 0 Å². The zero-order valence-electron chi connectivity index (χ0n) is 7.78. The zero-order valence-corrected chi connectivity index (χ0v) is 8.60. The Balaban J connectivity index is 4.08. The van der Waals surface area contributed by atoms with Crippen LogP contribution in [0.3, 0.4) is 0 Å². The first-order chi connectivity index (χ1) is 6.05. The predicted molar refractivity (Wildman–Crippen MR) is 48.5 cm³/mol. The molecule has 1 atom stereocenters. The smallest absolute Gasteiger partial charge is 0.276 e. The van der Waals surface area contributed by atoms with Gasteiger partial charge in [0.1, 0.15) is 0 Å². The number of rotatable bonds is 7. The van der Waals surface area contributed by atoms with E-state index >= 15 is 0 Å². The van der Waals surface area contributed by atoms with Crippen molar-refractivity contribution in [2.45, 2.75) is 12.5 Å². The molecule has 1 unspecified atom stereocenters. The minimum absolute atomic E-state index is 0.0831. The summed E-state index contributed by atoms with van der Waals surface area (Å²) in [5.74, 6) is 0. The van der Waals surface area contributed by atoms with Gasteiger partial charge in [0.25, 0.3) is 10.2 Å². The van der Waals surface area contributed by atoms with Gasteiger partial charge in [-0.25, -0.2) is 4.72 Å². The Morgan fingerprint density at radius 3 is 2.54 bits per heavy atom. The fourth-order valence-electron chi connectivity index (χ4n) is 0.812. The Hall–Kier alpha value is -0.210. The summed E-state index contributed by atoms with van der Waals surface area (Å²) in [7, 11) is -0.673. The minimum atomic E-state index is -3.45. The lowest BCUT2D eigenvalue weighted by atomic mass is 10.2. The summed E-state index contributed by atoms with van der Waals surface area (Å²) in [6.07, 6.45) is 0.328. The number of aliphatic hydroxyl groups is 1. The van der Waals surface area contributed by atoms with E-state index < -0.39 is 16.3 Å². The molecule has 3 N–H and O–H groups in total. The highest BCUT2D eigenvalue weighted by Gasteiger charge is 2.14. The highest BCUT2D eigenvalue weighted by Crippen LogP contribution is 1.93. The lowest BCUT2D eigenvalue weighted by Gasteiger charge is -2.15. The predicted octanol–water partition coefficient (Wildman–Crippen LogP) is -1.56. The quantitative estimate of drug-likeness (QED) is 0.476. The van der Waals surface area contributed by atoms with Crippen molar-refractivity contribution in [2.24, 2.45) is 0 Å². The molecule has 0 rings (SSSR count). The van der Waals surface area contributed by atoms with Crippen molar-refractivity contribution in [3.8, 4) is 0 Å². The molecule has 0 spiro atoms. The second-order valence-corrected chi connectivity index (χ2v) is 4.14. The summed E-state index contributed by atoms with van der Waals surface area (Å²) in [6, 6.07) is -0.396. The van der Waals surface area contributed by atoms with E-state index in [2.05, 4.69) is 9.44 Å². The van der Waals surface area contributed by atoms with Crippen LogP contribution in [0.2, 0.25) is 0 Å². The number of ether oxygens (including phenoxy) is 1. The second kappa shape index (κ2) is 6.28. The Morgan fingerprint density at radius 1 is 1.54 bits per heavy atom. The summed E-state index contributed by atoms with van der Waals surface area (Å²) >= 11 is 0. The molecule has 0 heterocycles. The van der Waals surface area contributed by atoms with Gasteiger partial charge in [-0.1, -0.05) is 0 Å². The van der Waals surface area contributed by atoms with E-state index in [-0.39, 0.29) is 13.2 Å². The minimum Gasteiger partial charge on any atom is -0.396 e. The maximum Gasteiger partial charge on any atom is 0.276 e. The molecule has 0 aromatic carbocycles. The Bertz CT molecular complexity index is 211. The standard InChI is InChI=1S/C6H16N2O4S/c1-7-13(10,11)8-6(3-4-9)5-12-2/h6-9H,3-5H2,1-2H3. The van der Waals surface area contributed by atoms with Gasteiger partial charge in [-0.3, -0.25) is 0 Å². The maximum atomic E-state index is 11.0. The number of hydrogen-bond donors (Lipinski definition) is 3. The number of methoxy groups -OCH3 is 1. The average Bonchev–Trinajstić information content (AvgIpc) is 2.05. The summed E-state index contributed by atoms with van der Waals surface area (Å²) in [5.41, 5.74) is 0. The van der Waals surface area contributed by atoms with Gasteiger partial charge in [0.2, 0.25) is 0 Å². The average molecular weight is 212 g/mol. The maximum absolute atomic E-state index is 11.0. The summed E-state index contributed by atoms with van der Waals surface area (Å²) in [4.78, 5) is 0. The van der Waals surface area contributed by atoms with Crippen LogP contribution in [0.1, 0.15) is 6.42 Å². The molecule has 0 radical (unpaired) electrons. The molecule has 0 aliphatic carbocycles. The number of nitrogens with one attached hydrogen (secondary N) is 2. The molecule has 13 heavy (non-hydrogen) atoms. The molecule has 0 saturated heterocycles. The number of aliphatic hydroxyl groups excluding tert-OH is 1. The molecular weight excluding hydrogens is 196 g/mol. The van der Waals surface area contributed by atoms with Crippen molar-refractivity contribution in [2.75, 3.05) is 27.4 Å².